The van der Waals surface area contributed by atoms with Crippen molar-refractivity contribution in [1.29, 1.82) is 0 Å². The van der Waals surface area contributed by atoms with Crippen molar-refractivity contribution in [3.8, 4) is 0 Å². The molecule has 0 spiro atoms. The maximum atomic E-state index is 12.4. The number of piperazine rings is 1. The van der Waals surface area contributed by atoms with Crippen molar-refractivity contribution < 1.29 is 15.7 Å². The Hall–Kier alpha value is -2.09. The van der Waals surface area contributed by atoms with Crippen molar-refractivity contribution in [1.82, 2.24) is 4.90 Å². The fourth-order valence-corrected chi connectivity index (χ4v) is 3.58. The highest BCUT2D eigenvalue weighted by Gasteiger charge is 2.25. The predicted octanol–water partition coefficient (Wildman–Crippen LogP) is 2.36. The van der Waals surface area contributed by atoms with E-state index in [0.29, 0.717) is 10.6 Å². The molecule has 0 bridgehead atoms. The summed E-state index contributed by atoms with van der Waals surface area (Å²) in [7, 11) is 2.15. The quantitative estimate of drug-likeness (QED) is 0.747. The molecule has 2 aromatic carbocycles. The van der Waals surface area contributed by atoms with Crippen molar-refractivity contribution in [2.45, 2.75) is 0 Å². The summed E-state index contributed by atoms with van der Waals surface area (Å²) in [4.78, 5) is 17.2. The van der Waals surface area contributed by atoms with Crippen LogP contribution in [0.15, 0.2) is 42.5 Å². The molecule has 0 radical (unpaired) electrons. The van der Waals surface area contributed by atoms with Gasteiger partial charge in [-0.25, -0.2) is 0 Å². The number of rotatable bonds is 2. The van der Waals surface area contributed by atoms with E-state index >= 15 is 0 Å². The smallest absolute Gasteiger partial charge is 0.256 e. The van der Waals surface area contributed by atoms with E-state index in [1.54, 1.807) is 6.07 Å². The third-order valence-electron chi connectivity index (χ3n) is 4.85. The molecular weight excluding hydrogens is 401 g/mol. The molecule has 2 aliphatic rings. The summed E-state index contributed by atoms with van der Waals surface area (Å²) in [5, 5.41) is 3.52. The monoisotopic (exact) mass is 425 g/mol. The van der Waals surface area contributed by atoms with Gasteiger partial charge in [0.1, 0.15) is 0 Å². The summed E-state index contributed by atoms with van der Waals surface area (Å²) in [6, 6.07) is 13.8. The van der Waals surface area contributed by atoms with Crippen LogP contribution in [-0.2, 0) is 4.79 Å². The highest BCUT2D eigenvalue weighted by atomic mass is 35.5. The van der Waals surface area contributed by atoms with Crippen LogP contribution in [0.25, 0.3) is 11.6 Å². The second-order valence-electron chi connectivity index (χ2n) is 6.55. The Labute approximate surface area is 175 Å². The molecule has 2 aliphatic heterocycles. The van der Waals surface area contributed by atoms with Crippen LogP contribution in [0.5, 0.6) is 0 Å². The number of carbonyl (C=O) groups is 1. The minimum Gasteiger partial charge on any atom is -0.412 e. The number of benzene rings is 2. The minimum atomic E-state index is -0.0783. The Morgan fingerprint density at radius 2 is 1.71 bits per heavy atom. The van der Waals surface area contributed by atoms with Crippen molar-refractivity contribution in [3.05, 3.63) is 58.6 Å². The van der Waals surface area contributed by atoms with Crippen LogP contribution in [-0.4, -0.2) is 55.0 Å². The highest BCUT2D eigenvalue weighted by Crippen LogP contribution is 2.36. The van der Waals surface area contributed by atoms with Crippen LogP contribution < -0.4 is 10.2 Å². The first-order valence-corrected chi connectivity index (χ1v) is 8.85. The van der Waals surface area contributed by atoms with E-state index in [4.69, 9.17) is 11.6 Å². The summed E-state index contributed by atoms with van der Waals surface area (Å²) in [5.41, 5.74) is 4.62. The number of likely N-dealkylation sites (N-methyl/N-ethyl adjacent to an activating group) is 1. The van der Waals surface area contributed by atoms with Gasteiger partial charge in [-0.3, -0.25) is 4.79 Å². The number of para-hydroxylation sites is 1. The van der Waals surface area contributed by atoms with Crippen molar-refractivity contribution in [3.63, 3.8) is 0 Å². The normalized spacial score (nSPS) is 17.1. The molecule has 2 aromatic rings. The Balaban J connectivity index is 0.00000131. The van der Waals surface area contributed by atoms with Gasteiger partial charge in [0.15, 0.2) is 0 Å². The number of anilines is 2. The number of hydrogen-bond donors (Lipinski definition) is 1. The molecule has 0 atom stereocenters. The fourth-order valence-electron chi connectivity index (χ4n) is 3.41. The highest BCUT2D eigenvalue weighted by molar-refractivity contribution is 6.36. The van der Waals surface area contributed by atoms with Gasteiger partial charge in [0.05, 0.1) is 5.69 Å². The Kier molecular flexibility index (Phi) is 8.48. The zero-order valence-corrected chi connectivity index (χ0v) is 17.1. The van der Waals surface area contributed by atoms with Crippen LogP contribution in [0.1, 0.15) is 11.1 Å². The number of hydrogen-bond acceptors (Lipinski definition) is 3. The summed E-state index contributed by atoms with van der Waals surface area (Å²) in [6.45, 7) is 4.09. The lowest BCUT2D eigenvalue weighted by molar-refractivity contribution is -0.110. The second kappa shape index (κ2) is 9.91. The van der Waals surface area contributed by atoms with Crippen molar-refractivity contribution in [2.24, 2.45) is 0 Å². The molecule has 6 nitrogen and oxygen atoms in total. The molecule has 0 aliphatic carbocycles. The van der Waals surface area contributed by atoms with E-state index in [0.717, 1.165) is 43.0 Å². The number of fused-ring (bicyclic) bond motifs is 1. The SMILES string of the molecule is CN1CCN(c2ccccc2C=C2C(=O)Nc3cc(Cl)ccc32)CC1.Cl.O.O. The van der Waals surface area contributed by atoms with E-state index < -0.39 is 0 Å². The first-order chi connectivity index (χ1) is 12.1. The molecule has 1 fully saturated rings. The molecule has 0 saturated carbocycles. The summed E-state index contributed by atoms with van der Waals surface area (Å²) >= 11 is 6.04. The van der Waals surface area contributed by atoms with Gasteiger partial charge in [0.25, 0.3) is 5.91 Å². The maximum absolute atomic E-state index is 12.4. The average Bonchev–Trinajstić information content (AvgIpc) is 2.91. The third kappa shape index (κ3) is 4.66. The summed E-state index contributed by atoms with van der Waals surface area (Å²) in [5.74, 6) is -0.0783. The van der Waals surface area contributed by atoms with E-state index in [1.807, 2.05) is 24.3 Å². The van der Waals surface area contributed by atoms with Crippen LogP contribution in [0.2, 0.25) is 5.02 Å². The van der Waals surface area contributed by atoms with E-state index in [9.17, 15) is 4.79 Å². The average molecular weight is 426 g/mol. The zero-order chi connectivity index (χ0) is 17.4. The number of carbonyl (C=O) groups excluding carboxylic acids is 1. The van der Waals surface area contributed by atoms with Gasteiger partial charge in [-0.15, -0.1) is 12.4 Å². The zero-order valence-electron chi connectivity index (χ0n) is 15.5. The summed E-state index contributed by atoms with van der Waals surface area (Å²) in [6.07, 6.45) is 1.99. The molecule has 5 N–H and O–H groups in total. The third-order valence-corrected chi connectivity index (χ3v) is 5.08. The lowest BCUT2D eigenvalue weighted by atomic mass is 10.0. The van der Waals surface area contributed by atoms with Gasteiger partial charge < -0.3 is 26.1 Å². The van der Waals surface area contributed by atoms with Gasteiger partial charge in [-0.05, 0) is 36.9 Å². The van der Waals surface area contributed by atoms with Crippen LogP contribution in [0, 0.1) is 0 Å². The van der Waals surface area contributed by atoms with E-state index in [2.05, 4.69) is 40.4 Å². The van der Waals surface area contributed by atoms with Crippen LogP contribution in [0.3, 0.4) is 0 Å². The minimum absolute atomic E-state index is 0. The molecule has 152 valence electrons. The topological polar surface area (TPSA) is 98.6 Å². The standard InChI is InChI=1S/C20H20ClN3O.ClH.2H2O/c1-23-8-10-24(11-9-23)19-5-3-2-4-14(19)12-17-16-7-6-15(21)13-18(16)22-20(17)25;;;/h2-7,12-13H,8-11H2,1H3,(H,22,25);1H;2*1H2. The first-order valence-electron chi connectivity index (χ1n) is 8.47. The Bertz CT molecular complexity index is 866. The predicted molar refractivity (Wildman–Crippen MR) is 119 cm³/mol. The lowest BCUT2D eigenvalue weighted by Crippen LogP contribution is -2.44. The molecule has 8 heteroatoms. The van der Waals surface area contributed by atoms with Gasteiger partial charge in [0.2, 0.25) is 0 Å². The number of nitrogens with one attached hydrogen (secondary N) is 1. The van der Waals surface area contributed by atoms with Gasteiger partial charge in [-0.1, -0.05) is 35.9 Å². The molecule has 2 heterocycles. The number of nitrogens with zero attached hydrogens (tertiary/aromatic N) is 2. The van der Waals surface area contributed by atoms with Gasteiger partial charge in [0, 0.05) is 48.0 Å². The number of halogens is 2. The maximum Gasteiger partial charge on any atom is 0.256 e. The van der Waals surface area contributed by atoms with Gasteiger partial charge in [-0.2, -0.15) is 0 Å². The second-order valence-corrected chi connectivity index (χ2v) is 6.99. The van der Waals surface area contributed by atoms with Crippen LogP contribution in [0.4, 0.5) is 11.4 Å². The largest absolute Gasteiger partial charge is 0.412 e. The fraction of sp³-hybridized carbons (Fsp3) is 0.250. The van der Waals surface area contributed by atoms with E-state index in [1.165, 1.54) is 5.69 Å². The summed E-state index contributed by atoms with van der Waals surface area (Å²) < 4.78 is 0. The Morgan fingerprint density at radius 1 is 1.04 bits per heavy atom. The van der Waals surface area contributed by atoms with E-state index in [-0.39, 0.29) is 29.3 Å². The molecule has 0 aromatic heterocycles. The Morgan fingerprint density at radius 3 is 2.43 bits per heavy atom. The lowest BCUT2D eigenvalue weighted by Gasteiger charge is -2.35. The molecular formula is C20H25Cl2N3O3. The first kappa shape index (κ1) is 23.9. The molecule has 1 amide bonds. The molecule has 0 unspecified atom stereocenters. The van der Waals surface area contributed by atoms with Crippen molar-refractivity contribution >= 4 is 52.9 Å². The van der Waals surface area contributed by atoms with Crippen molar-refractivity contribution in [2.75, 3.05) is 43.4 Å². The molecule has 28 heavy (non-hydrogen) atoms. The van der Waals surface area contributed by atoms with Gasteiger partial charge >= 0.3 is 0 Å². The number of amides is 1. The van der Waals surface area contributed by atoms with Crippen LogP contribution >= 0.6 is 24.0 Å². The molecule has 4 rings (SSSR count). The molecule has 1 saturated heterocycles.